The molecule has 26 heavy (non-hydrogen) atoms. The minimum absolute atomic E-state index is 0.1000. The Morgan fingerprint density at radius 2 is 1.96 bits per heavy atom. The van der Waals surface area contributed by atoms with Gasteiger partial charge in [0.15, 0.2) is 5.58 Å². The van der Waals surface area contributed by atoms with Gasteiger partial charge >= 0.3 is 12.1 Å². The monoisotopic (exact) mass is 355 g/mol. The molecule has 0 aliphatic heterocycles. The summed E-state index contributed by atoms with van der Waals surface area (Å²) >= 11 is 0. The average molecular weight is 355 g/mol. The van der Waals surface area contributed by atoms with Gasteiger partial charge in [0, 0.05) is 17.4 Å². The van der Waals surface area contributed by atoms with E-state index in [4.69, 9.17) is 14.3 Å². The SMILES string of the molecule is CC(C)(C)OC(=O)Nc1ccc2oc(-c3ccnc(C(=O)O)c3)nc2c1. The van der Waals surface area contributed by atoms with Crippen LogP contribution < -0.4 is 5.32 Å². The molecule has 0 saturated heterocycles. The minimum atomic E-state index is -1.13. The van der Waals surface area contributed by atoms with Crippen LogP contribution in [0.15, 0.2) is 40.9 Å². The van der Waals surface area contributed by atoms with Crippen LogP contribution >= 0.6 is 0 Å². The smallest absolute Gasteiger partial charge is 0.412 e. The van der Waals surface area contributed by atoms with Crippen molar-refractivity contribution in [1.29, 1.82) is 0 Å². The first-order valence-corrected chi connectivity index (χ1v) is 7.81. The van der Waals surface area contributed by atoms with Gasteiger partial charge in [0.1, 0.15) is 16.8 Å². The molecule has 1 amide bonds. The van der Waals surface area contributed by atoms with Gasteiger partial charge in [-0.25, -0.2) is 19.6 Å². The van der Waals surface area contributed by atoms with Gasteiger partial charge in [-0.05, 0) is 51.1 Å². The molecule has 8 nitrogen and oxygen atoms in total. The first kappa shape index (κ1) is 17.4. The van der Waals surface area contributed by atoms with E-state index in [1.807, 2.05) is 0 Å². The third kappa shape index (κ3) is 3.97. The quantitative estimate of drug-likeness (QED) is 0.731. The van der Waals surface area contributed by atoms with Crippen LogP contribution in [0, 0.1) is 0 Å². The number of pyridine rings is 1. The average Bonchev–Trinajstić information content (AvgIpc) is 2.96. The van der Waals surface area contributed by atoms with Crippen molar-refractivity contribution < 1.29 is 23.8 Å². The van der Waals surface area contributed by atoms with E-state index < -0.39 is 17.7 Å². The van der Waals surface area contributed by atoms with E-state index >= 15 is 0 Å². The van der Waals surface area contributed by atoms with E-state index in [-0.39, 0.29) is 11.6 Å². The molecule has 0 saturated carbocycles. The van der Waals surface area contributed by atoms with Crippen molar-refractivity contribution in [1.82, 2.24) is 9.97 Å². The van der Waals surface area contributed by atoms with Crippen LogP contribution in [0.1, 0.15) is 31.3 Å². The number of nitrogens with zero attached hydrogens (tertiary/aromatic N) is 2. The number of aromatic nitrogens is 2. The number of oxazole rings is 1. The molecule has 0 aliphatic rings. The van der Waals surface area contributed by atoms with E-state index in [2.05, 4.69) is 15.3 Å². The summed E-state index contributed by atoms with van der Waals surface area (Å²) in [7, 11) is 0. The number of anilines is 1. The van der Waals surface area contributed by atoms with Gasteiger partial charge in [0.05, 0.1) is 0 Å². The van der Waals surface area contributed by atoms with Gasteiger partial charge in [-0.15, -0.1) is 0 Å². The molecule has 3 aromatic rings. The molecule has 8 heteroatoms. The summed E-state index contributed by atoms with van der Waals surface area (Å²) < 4.78 is 10.9. The Bertz CT molecular complexity index is 988. The van der Waals surface area contributed by atoms with Crippen molar-refractivity contribution in [2.75, 3.05) is 5.32 Å². The summed E-state index contributed by atoms with van der Waals surface area (Å²) in [5, 5.41) is 11.7. The summed E-state index contributed by atoms with van der Waals surface area (Å²) in [6.45, 7) is 5.33. The molecule has 2 aromatic heterocycles. The van der Waals surface area contributed by atoms with E-state index in [0.29, 0.717) is 22.4 Å². The summed E-state index contributed by atoms with van der Waals surface area (Å²) in [6, 6.07) is 7.96. The zero-order valence-electron chi connectivity index (χ0n) is 14.4. The summed E-state index contributed by atoms with van der Waals surface area (Å²) in [6.07, 6.45) is 0.809. The Morgan fingerprint density at radius 1 is 1.19 bits per heavy atom. The number of carbonyl (C=O) groups excluding carboxylic acids is 1. The highest BCUT2D eigenvalue weighted by molar-refractivity contribution is 5.89. The lowest BCUT2D eigenvalue weighted by atomic mass is 10.2. The predicted octanol–water partition coefficient (Wildman–Crippen LogP) is 3.94. The number of fused-ring (bicyclic) bond motifs is 1. The fourth-order valence-corrected chi connectivity index (χ4v) is 2.23. The number of ether oxygens (including phenoxy) is 1. The van der Waals surface area contributed by atoms with Gasteiger partial charge in [-0.1, -0.05) is 0 Å². The van der Waals surface area contributed by atoms with E-state index in [1.165, 1.54) is 12.3 Å². The number of carbonyl (C=O) groups is 2. The second-order valence-electron chi connectivity index (χ2n) is 6.56. The van der Waals surface area contributed by atoms with Crippen LogP contribution in [-0.4, -0.2) is 32.7 Å². The van der Waals surface area contributed by atoms with Crippen molar-refractivity contribution >= 4 is 28.8 Å². The maximum atomic E-state index is 11.9. The van der Waals surface area contributed by atoms with Gasteiger partial charge in [-0.2, -0.15) is 0 Å². The molecule has 0 radical (unpaired) electrons. The van der Waals surface area contributed by atoms with Crippen molar-refractivity contribution in [3.63, 3.8) is 0 Å². The number of benzene rings is 1. The third-order valence-electron chi connectivity index (χ3n) is 3.26. The molecular weight excluding hydrogens is 338 g/mol. The Labute approximate surface area is 148 Å². The predicted molar refractivity (Wildman–Crippen MR) is 94.1 cm³/mol. The Morgan fingerprint density at radius 3 is 2.65 bits per heavy atom. The summed E-state index contributed by atoms with van der Waals surface area (Å²) in [4.78, 5) is 31.0. The standard InChI is InChI=1S/C18H17N3O5/c1-18(2,3)26-17(24)20-11-4-5-14-12(9-11)21-15(25-14)10-6-7-19-13(8-10)16(22)23/h4-9H,1-3H3,(H,20,24)(H,22,23). The second kappa shape index (κ2) is 6.47. The molecule has 2 heterocycles. The third-order valence-corrected chi connectivity index (χ3v) is 3.26. The van der Waals surface area contributed by atoms with Crippen LogP contribution in [0.4, 0.5) is 10.5 Å². The number of hydrogen-bond acceptors (Lipinski definition) is 6. The highest BCUT2D eigenvalue weighted by atomic mass is 16.6. The maximum Gasteiger partial charge on any atom is 0.412 e. The zero-order chi connectivity index (χ0) is 18.9. The number of hydrogen-bond donors (Lipinski definition) is 2. The minimum Gasteiger partial charge on any atom is -0.477 e. The molecule has 0 bridgehead atoms. The van der Waals surface area contributed by atoms with Gasteiger partial charge in [0.25, 0.3) is 0 Å². The van der Waals surface area contributed by atoms with Crippen molar-refractivity contribution in [3.05, 3.63) is 42.2 Å². The Hall–Kier alpha value is -3.42. The van der Waals surface area contributed by atoms with Crippen molar-refractivity contribution in [2.24, 2.45) is 0 Å². The second-order valence-corrected chi connectivity index (χ2v) is 6.56. The molecule has 134 valence electrons. The number of carboxylic acid groups (broad SMARTS) is 1. The van der Waals surface area contributed by atoms with E-state index in [1.54, 1.807) is 45.0 Å². The van der Waals surface area contributed by atoms with Crippen LogP contribution in [0.5, 0.6) is 0 Å². The normalized spacial score (nSPS) is 11.3. The Kier molecular flexibility index (Phi) is 4.33. The maximum absolute atomic E-state index is 11.9. The van der Waals surface area contributed by atoms with E-state index in [0.717, 1.165) is 0 Å². The highest BCUT2D eigenvalue weighted by Gasteiger charge is 2.17. The van der Waals surface area contributed by atoms with Crippen LogP contribution in [-0.2, 0) is 4.74 Å². The molecule has 2 N–H and O–H groups in total. The largest absolute Gasteiger partial charge is 0.477 e. The fraction of sp³-hybridized carbons (Fsp3) is 0.222. The molecule has 0 fully saturated rings. The van der Waals surface area contributed by atoms with Gasteiger partial charge < -0.3 is 14.3 Å². The summed E-state index contributed by atoms with van der Waals surface area (Å²) in [5.74, 6) is -0.869. The Balaban J connectivity index is 1.87. The lowest BCUT2D eigenvalue weighted by Gasteiger charge is -2.19. The molecular formula is C18H17N3O5. The molecule has 0 unspecified atom stereocenters. The highest BCUT2D eigenvalue weighted by Crippen LogP contribution is 2.26. The molecule has 0 spiro atoms. The molecule has 1 aromatic carbocycles. The number of aromatic carboxylic acids is 1. The zero-order valence-corrected chi connectivity index (χ0v) is 14.4. The topological polar surface area (TPSA) is 115 Å². The van der Waals surface area contributed by atoms with Crippen LogP contribution in [0.3, 0.4) is 0 Å². The van der Waals surface area contributed by atoms with E-state index in [9.17, 15) is 9.59 Å². The fourth-order valence-electron chi connectivity index (χ4n) is 2.23. The molecule has 0 atom stereocenters. The van der Waals surface area contributed by atoms with Crippen LogP contribution in [0.2, 0.25) is 0 Å². The molecule has 3 rings (SSSR count). The lowest BCUT2D eigenvalue weighted by Crippen LogP contribution is -2.27. The first-order valence-electron chi connectivity index (χ1n) is 7.81. The van der Waals surface area contributed by atoms with Gasteiger partial charge in [-0.3, -0.25) is 5.32 Å². The van der Waals surface area contributed by atoms with Gasteiger partial charge in [0.2, 0.25) is 5.89 Å². The lowest BCUT2D eigenvalue weighted by molar-refractivity contribution is 0.0634. The number of amides is 1. The number of nitrogens with one attached hydrogen (secondary N) is 1. The first-order chi connectivity index (χ1) is 12.2. The summed E-state index contributed by atoms with van der Waals surface area (Å²) in [5.41, 5.74) is 1.32. The number of carboxylic acids is 1. The van der Waals surface area contributed by atoms with Crippen LogP contribution in [0.25, 0.3) is 22.6 Å². The van der Waals surface area contributed by atoms with Crippen molar-refractivity contribution in [2.45, 2.75) is 26.4 Å². The molecule has 0 aliphatic carbocycles. The number of rotatable bonds is 3. The van der Waals surface area contributed by atoms with Crippen molar-refractivity contribution in [3.8, 4) is 11.5 Å².